The van der Waals surface area contributed by atoms with E-state index in [9.17, 15) is 18.4 Å². The van der Waals surface area contributed by atoms with Crippen LogP contribution in [-0.4, -0.2) is 23.7 Å². The SMILES string of the molecule is CC(C)(CNC(=O)NCc1cc(F)ccc1F)C(=O)O. The molecule has 110 valence electrons. The number of hydrogen-bond acceptors (Lipinski definition) is 2. The molecule has 1 aromatic rings. The Bertz CT molecular complexity index is 518. The zero-order valence-electron chi connectivity index (χ0n) is 11.2. The molecular formula is C13H16F2N2O3. The topological polar surface area (TPSA) is 78.4 Å². The molecule has 1 aromatic carbocycles. The van der Waals surface area contributed by atoms with Crippen LogP contribution in [0.5, 0.6) is 0 Å². The second-order valence-electron chi connectivity index (χ2n) is 4.96. The second-order valence-corrected chi connectivity index (χ2v) is 4.96. The van der Waals surface area contributed by atoms with E-state index >= 15 is 0 Å². The summed E-state index contributed by atoms with van der Waals surface area (Å²) in [4.78, 5) is 22.3. The molecule has 0 aliphatic carbocycles. The lowest BCUT2D eigenvalue weighted by atomic mass is 9.94. The van der Waals surface area contributed by atoms with Crippen molar-refractivity contribution in [1.29, 1.82) is 0 Å². The first-order chi connectivity index (χ1) is 9.22. The highest BCUT2D eigenvalue weighted by molar-refractivity contribution is 5.77. The van der Waals surface area contributed by atoms with Gasteiger partial charge in [0.2, 0.25) is 0 Å². The standard InChI is InChI=1S/C13H16F2N2O3/c1-13(2,11(18)19)7-17-12(20)16-6-8-5-9(14)3-4-10(8)15/h3-5H,6-7H2,1-2H3,(H,18,19)(H2,16,17,20). The summed E-state index contributed by atoms with van der Waals surface area (Å²) in [5.41, 5.74) is -1.10. The van der Waals surface area contributed by atoms with Gasteiger partial charge in [0, 0.05) is 18.7 Å². The van der Waals surface area contributed by atoms with Crippen LogP contribution in [0.3, 0.4) is 0 Å². The number of carbonyl (C=O) groups excluding carboxylic acids is 1. The third kappa shape index (κ3) is 4.49. The van der Waals surface area contributed by atoms with Crippen LogP contribution in [0.4, 0.5) is 13.6 Å². The van der Waals surface area contributed by atoms with Gasteiger partial charge >= 0.3 is 12.0 Å². The fourth-order valence-electron chi connectivity index (χ4n) is 1.29. The van der Waals surface area contributed by atoms with Gasteiger partial charge in [0.15, 0.2) is 0 Å². The fraction of sp³-hybridized carbons (Fsp3) is 0.385. The van der Waals surface area contributed by atoms with Crippen molar-refractivity contribution in [1.82, 2.24) is 10.6 Å². The zero-order chi connectivity index (χ0) is 15.3. The van der Waals surface area contributed by atoms with Crippen molar-refractivity contribution >= 4 is 12.0 Å². The number of rotatable bonds is 5. The van der Waals surface area contributed by atoms with Crippen molar-refractivity contribution in [3.05, 3.63) is 35.4 Å². The highest BCUT2D eigenvalue weighted by Gasteiger charge is 2.27. The summed E-state index contributed by atoms with van der Waals surface area (Å²) in [5, 5.41) is 13.6. The molecule has 0 heterocycles. The molecule has 0 saturated heterocycles. The quantitative estimate of drug-likeness (QED) is 0.773. The molecule has 0 aliphatic heterocycles. The van der Waals surface area contributed by atoms with E-state index in [0.717, 1.165) is 18.2 Å². The largest absolute Gasteiger partial charge is 0.481 e. The lowest BCUT2D eigenvalue weighted by Crippen LogP contribution is -2.43. The van der Waals surface area contributed by atoms with Crippen molar-refractivity contribution in [2.45, 2.75) is 20.4 Å². The maximum Gasteiger partial charge on any atom is 0.315 e. The molecule has 0 bridgehead atoms. The first-order valence-electron chi connectivity index (χ1n) is 5.91. The highest BCUT2D eigenvalue weighted by atomic mass is 19.1. The molecular weight excluding hydrogens is 270 g/mol. The average Bonchev–Trinajstić information content (AvgIpc) is 2.37. The average molecular weight is 286 g/mol. The van der Waals surface area contributed by atoms with Gasteiger partial charge in [0.1, 0.15) is 11.6 Å². The van der Waals surface area contributed by atoms with Crippen LogP contribution in [0, 0.1) is 17.0 Å². The molecule has 0 saturated carbocycles. The summed E-state index contributed by atoms with van der Waals surface area (Å²) in [6.07, 6.45) is 0. The molecule has 0 radical (unpaired) electrons. The van der Waals surface area contributed by atoms with Crippen LogP contribution >= 0.6 is 0 Å². The van der Waals surface area contributed by atoms with Gasteiger partial charge in [-0.25, -0.2) is 13.6 Å². The van der Waals surface area contributed by atoms with Gasteiger partial charge in [-0.3, -0.25) is 4.79 Å². The van der Waals surface area contributed by atoms with Crippen LogP contribution in [0.25, 0.3) is 0 Å². The summed E-state index contributed by atoms with van der Waals surface area (Å²) in [5.74, 6) is -2.28. The van der Waals surface area contributed by atoms with Gasteiger partial charge < -0.3 is 15.7 Å². The van der Waals surface area contributed by atoms with E-state index in [-0.39, 0.29) is 18.7 Å². The molecule has 0 unspecified atom stereocenters. The molecule has 0 fully saturated rings. The number of carbonyl (C=O) groups is 2. The molecule has 0 atom stereocenters. The molecule has 0 spiro atoms. The minimum absolute atomic E-state index is 0.0117. The molecule has 20 heavy (non-hydrogen) atoms. The summed E-state index contributed by atoms with van der Waals surface area (Å²) >= 11 is 0. The number of benzene rings is 1. The van der Waals surface area contributed by atoms with Crippen molar-refractivity contribution in [3.63, 3.8) is 0 Å². The lowest BCUT2D eigenvalue weighted by Gasteiger charge is -2.19. The van der Waals surface area contributed by atoms with Crippen LogP contribution < -0.4 is 10.6 Å². The van der Waals surface area contributed by atoms with E-state index in [0.29, 0.717) is 0 Å². The maximum absolute atomic E-state index is 13.3. The van der Waals surface area contributed by atoms with Crippen molar-refractivity contribution in [2.75, 3.05) is 6.54 Å². The predicted octanol–water partition coefficient (Wildman–Crippen LogP) is 1.87. The van der Waals surface area contributed by atoms with E-state index in [1.807, 2.05) is 0 Å². The van der Waals surface area contributed by atoms with Crippen LogP contribution in [0.2, 0.25) is 0 Å². The first kappa shape index (κ1) is 15.9. The summed E-state index contributed by atoms with van der Waals surface area (Å²) in [6.45, 7) is 2.65. The van der Waals surface area contributed by atoms with Crippen LogP contribution in [0.1, 0.15) is 19.4 Å². The number of carboxylic acid groups (broad SMARTS) is 1. The van der Waals surface area contributed by atoms with Crippen molar-refractivity contribution in [3.8, 4) is 0 Å². The molecule has 0 aromatic heterocycles. The molecule has 7 heteroatoms. The van der Waals surface area contributed by atoms with E-state index in [4.69, 9.17) is 5.11 Å². The minimum Gasteiger partial charge on any atom is -0.481 e. The number of hydrogen-bond donors (Lipinski definition) is 3. The van der Waals surface area contributed by atoms with E-state index in [1.165, 1.54) is 13.8 Å². The van der Waals surface area contributed by atoms with Gasteiger partial charge in [-0.05, 0) is 32.0 Å². The maximum atomic E-state index is 13.3. The Morgan fingerprint density at radius 3 is 2.50 bits per heavy atom. The summed E-state index contributed by atoms with van der Waals surface area (Å²) in [6, 6.07) is 2.28. The van der Waals surface area contributed by atoms with Gasteiger partial charge in [-0.1, -0.05) is 0 Å². The third-order valence-corrected chi connectivity index (χ3v) is 2.72. The number of carboxylic acids is 1. The molecule has 1 rings (SSSR count). The number of halogens is 2. The number of aliphatic carboxylic acids is 1. The highest BCUT2D eigenvalue weighted by Crippen LogP contribution is 2.13. The number of amides is 2. The molecule has 3 N–H and O–H groups in total. The lowest BCUT2D eigenvalue weighted by molar-refractivity contribution is -0.146. The Labute approximate surface area is 115 Å². The van der Waals surface area contributed by atoms with E-state index in [1.54, 1.807) is 0 Å². The zero-order valence-corrected chi connectivity index (χ0v) is 11.2. The number of nitrogens with one attached hydrogen (secondary N) is 2. The Balaban J connectivity index is 2.48. The molecule has 2 amide bonds. The second kappa shape index (κ2) is 6.31. The third-order valence-electron chi connectivity index (χ3n) is 2.72. The number of urea groups is 1. The van der Waals surface area contributed by atoms with Gasteiger partial charge in [0.05, 0.1) is 5.41 Å². The minimum atomic E-state index is -1.11. The van der Waals surface area contributed by atoms with Crippen molar-refractivity contribution < 1.29 is 23.5 Å². The normalized spacial score (nSPS) is 11.0. The Morgan fingerprint density at radius 1 is 1.25 bits per heavy atom. The van der Waals surface area contributed by atoms with Crippen LogP contribution in [-0.2, 0) is 11.3 Å². The smallest absolute Gasteiger partial charge is 0.315 e. The van der Waals surface area contributed by atoms with Crippen LogP contribution in [0.15, 0.2) is 18.2 Å². The summed E-state index contributed by atoms with van der Waals surface area (Å²) in [7, 11) is 0. The first-order valence-corrected chi connectivity index (χ1v) is 5.91. The van der Waals surface area contributed by atoms with Gasteiger partial charge in [0.25, 0.3) is 0 Å². The van der Waals surface area contributed by atoms with Crippen molar-refractivity contribution in [2.24, 2.45) is 5.41 Å². The predicted molar refractivity (Wildman–Crippen MR) is 68.0 cm³/mol. The Hall–Kier alpha value is -2.18. The van der Waals surface area contributed by atoms with Gasteiger partial charge in [-0.2, -0.15) is 0 Å². The van der Waals surface area contributed by atoms with Gasteiger partial charge in [-0.15, -0.1) is 0 Å². The summed E-state index contributed by atoms with van der Waals surface area (Å²) < 4.78 is 26.2. The molecule has 5 nitrogen and oxygen atoms in total. The Morgan fingerprint density at radius 2 is 1.90 bits per heavy atom. The van der Waals surface area contributed by atoms with E-state index < -0.39 is 29.0 Å². The van der Waals surface area contributed by atoms with E-state index in [2.05, 4.69) is 10.6 Å². The Kier molecular flexibility index (Phi) is 5.01. The molecule has 0 aliphatic rings. The monoisotopic (exact) mass is 286 g/mol. The fourth-order valence-corrected chi connectivity index (χ4v) is 1.29.